The topological polar surface area (TPSA) is 75.8 Å². The Labute approximate surface area is 58.1 Å². The summed E-state index contributed by atoms with van der Waals surface area (Å²) in [6, 6.07) is -0.806. The molecule has 0 bridgehead atoms. The van der Waals surface area contributed by atoms with E-state index in [2.05, 4.69) is 5.29 Å². The van der Waals surface area contributed by atoms with Crippen molar-refractivity contribution in [2.75, 3.05) is 0 Å². The van der Waals surface area contributed by atoms with Crippen molar-refractivity contribution in [1.82, 2.24) is 5.01 Å². The maximum Gasteiger partial charge on any atom is 0.338 e. The molecule has 0 aliphatic heterocycles. The van der Waals surface area contributed by atoms with Gasteiger partial charge in [0.25, 0.3) is 0 Å². The van der Waals surface area contributed by atoms with Crippen molar-refractivity contribution in [3.8, 4) is 0 Å². The molecule has 2 atom stereocenters. The summed E-state index contributed by atoms with van der Waals surface area (Å²) >= 11 is 0. The van der Waals surface area contributed by atoms with Crippen LogP contribution in [-0.4, -0.2) is 17.1 Å². The Balaban J connectivity index is 2.50. The van der Waals surface area contributed by atoms with E-state index in [1.54, 1.807) is 0 Å². The van der Waals surface area contributed by atoms with Crippen LogP contribution >= 0.6 is 0 Å². The van der Waals surface area contributed by atoms with Crippen molar-refractivity contribution < 1.29 is 4.79 Å². The fraction of sp³-hybridized carbons (Fsp3) is 0.800. The third-order valence-corrected chi connectivity index (χ3v) is 1.69. The van der Waals surface area contributed by atoms with Crippen molar-refractivity contribution in [2.24, 2.45) is 16.9 Å². The van der Waals surface area contributed by atoms with Gasteiger partial charge in [0, 0.05) is 0 Å². The van der Waals surface area contributed by atoms with Gasteiger partial charge in [0.15, 0.2) is 0 Å². The number of primary amides is 1. The maximum absolute atomic E-state index is 10.4. The Bertz CT molecular complexity index is 170. The molecular formula is C5H9N3O2. The summed E-state index contributed by atoms with van der Waals surface area (Å²) in [6.45, 7) is 1.94. The van der Waals surface area contributed by atoms with Gasteiger partial charge in [-0.15, -0.1) is 4.91 Å². The minimum atomic E-state index is -0.760. The SMILES string of the molecule is C[C@H]1C[C@@H]1N(N=O)C(N)=O. The summed E-state index contributed by atoms with van der Waals surface area (Å²) in [5.41, 5.74) is 4.84. The monoisotopic (exact) mass is 143 g/mol. The predicted molar refractivity (Wildman–Crippen MR) is 34.8 cm³/mol. The number of hydrogen-bond acceptors (Lipinski definition) is 3. The third kappa shape index (κ3) is 1.07. The molecule has 1 rings (SSSR count). The van der Waals surface area contributed by atoms with Crippen molar-refractivity contribution in [1.29, 1.82) is 0 Å². The largest absolute Gasteiger partial charge is 0.350 e. The molecule has 0 unspecified atom stereocenters. The van der Waals surface area contributed by atoms with Gasteiger partial charge in [0.1, 0.15) is 0 Å². The van der Waals surface area contributed by atoms with E-state index in [-0.39, 0.29) is 6.04 Å². The zero-order valence-corrected chi connectivity index (χ0v) is 5.65. The van der Waals surface area contributed by atoms with Gasteiger partial charge in [-0.05, 0) is 12.3 Å². The number of nitroso groups, excluding NO2 is 1. The summed E-state index contributed by atoms with van der Waals surface area (Å²) in [5.74, 6) is 0.366. The van der Waals surface area contributed by atoms with Gasteiger partial charge in [0.2, 0.25) is 0 Å². The highest BCUT2D eigenvalue weighted by Gasteiger charge is 2.41. The van der Waals surface area contributed by atoms with Gasteiger partial charge >= 0.3 is 6.03 Å². The number of nitrogens with two attached hydrogens (primary N) is 1. The average molecular weight is 143 g/mol. The van der Waals surface area contributed by atoms with Crippen LogP contribution in [0.25, 0.3) is 0 Å². The van der Waals surface area contributed by atoms with Crippen LogP contribution in [0, 0.1) is 10.8 Å². The number of hydrogen-bond donors (Lipinski definition) is 1. The zero-order chi connectivity index (χ0) is 7.72. The first-order chi connectivity index (χ1) is 4.66. The summed E-state index contributed by atoms with van der Waals surface area (Å²) in [4.78, 5) is 20.4. The van der Waals surface area contributed by atoms with E-state index >= 15 is 0 Å². The molecule has 1 aliphatic carbocycles. The molecule has 5 heteroatoms. The van der Waals surface area contributed by atoms with E-state index < -0.39 is 6.03 Å². The Hall–Kier alpha value is -1.13. The lowest BCUT2D eigenvalue weighted by atomic mass is 10.5. The van der Waals surface area contributed by atoms with Crippen molar-refractivity contribution >= 4 is 6.03 Å². The summed E-state index contributed by atoms with van der Waals surface area (Å²) < 4.78 is 0. The standard InChI is InChI=1S/C5H9N3O2/c1-3-2-4(3)8(7-10)5(6)9/h3-4H,2H2,1H3,(H2,6,9)/t3-,4-/m0/s1. The average Bonchev–Trinajstić information content (AvgIpc) is 2.48. The lowest BCUT2D eigenvalue weighted by Gasteiger charge is -2.07. The van der Waals surface area contributed by atoms with Gasteiger partial charge in [-0.1, -0.05) is 6.92 Å². The summed E-state index contributed by atoms with van der Waals surface area (Å²) in [5, 5.41) is 3.31. The second-order valence-electron chi connectivity index (χ2n) is 2.54. The van der Waals surface area contributed by atoms with Crippen LogP contribution in [-0.2, 0) is 0 Å². The van der Waals surface area contributed by atoms with Crippen LogP contribution < -0.4 is 5.73 Å². The van der Waals surface area contributed by atoms with Gasteiger partial charge < -0.3 is 5.73 Å². The van der Waals surface area contributed by atoms with Crippen LogP contribution in [0.1, 0.15) is 13.3 Å². The number of amides is 2. The van der Waals surface area contributed by atoms with E-state index in [1.165, 1.54) is 0 Å². The van der Waals surface area contributed by atoms with Gasteiger partial charge in [-0.25, -0.2) is 4.79 Å². The van der Waals surface area contributed by atoms with E-state index in [4.69, 9.17) is 5.73 Å². The number of rotatable bonds is 2. The summed E-state index contributed by atoms with van der Waals surface area (Å²) in [6.07, 6.45) is 0.828. The lowest BCUT2D eigenvalue weighted by molar-refractivity contribution is 0.204. The molecule has 0 saturated heterocycles. The van der Waals surface area contributed by atoms with Gasteiger partial charge in [-0.2, -0.15) is 5.01 Å². The van der Waals surface area contributed by atoms with Crippen LogP contribution in [0.4, 0.5) is 4.79 Å². The van der Waals surface area contributed by atoms with Crippen molar-refractivity contribution in [3.63, 3.8) is 0 Å². The molecule has 0 aromatic rings. The number of nitrogens with zero attached hydrogens (tertiary/aromatic N) is 2. The lowest BCUT2D eigenvalue weighted by Crippen LogP contribution is -2.33. The maximum atomic E-state index is 10.4. The van der Waals surface area contributed by atoms with Crippen LogP contribution in [0.2, 0.25) is 0 Å². The zero-order valence-electron chi connectivity index (χ0n) is 5.65. The normalized spacial score (nSPS) is 29.3. The molecular weight excluding hydrogens is 134 g/mol. The first-order valence-corrected chi connectivity index (χ1v) is 3.08. The van der Waals surface area contributed by atoms with Crippen molar-refractivity contribution in [2.45, 2.75) is 19.4 Å². The van der Waals surface area contributed by atoms with Gasteiger partial charge in [-0.3, -0.25) is 0 Å². The number of carbonyl (C=O) groups is 1. The number of urea groups is 1. The quantitative estimate of drug-likeness (QED) is 0.450. The van der Waals surface area contributed by atoms with Gasteiger partial charge in [0.05, 0.1) is 11.3 Å². The Morgan fingerprint density at radius 1 is 1.80 bits per heavy atom. The molecule has 1 fully saturated rings. The minimum absolute atomic E-state index is 0.0463. The molecule has 1 saturated carbocycles. The molecule has 0 heterocycles. The Morgan fingerprint density at radius 2 is 2.30 bits per heavy atom. The molecule has 0 aromatic carbocycles. The smallest absolute Gasteiger partial charge is 0.338 e. The molecule has 0 aromatic heterocycles. The third-order valence-electron chi connectivity index (χ3n) is 1.69. The fourth-order valence-corrected chi connectivity index (χ4v) is 0.907. The molecule has 56 valence electrons. The van der Waals surface area contributed by atoms with E-state index in [0.29, 0.717) is 5.92 Å². The molecule has 5 nitrogen and oxygen atoms in total. The van der Waals surface area contributed by atoms with Crippen LogP contribution in [0.15, 0.2) is 5.29 Å². The highest BCUT2D eigenvalue weighted by molar-refractivity contribution is 5.72. The van der Waals surface area contributed by atoms with Crippen LogP contribution in [0.3, 0.4) is 0 Å². The molecule has 2 amide bonds. The summed E-state index contributed by atoms with van der Waals surface area (Å²) in [7, 11) is 0. The second-order valence-corrected chi connectivity index (χ2v) is 2.54. The fourth-order valence-electron chi connectivity index (χ4n) is 0.907. The van der Waals surface area contributed by atoms with E-state index in [0.717, 1.165) is 11.4 Å². The Morgan fingerprint density at radius 3 is 2.40 bits per heavy atom. The van der Waals surface area contributed by atoms with Crippen molar-refractivity contribution in [3.05, 3.63) is 4.91 Å². The first kappa shape index (κ1) is 6.98. The molecule has 2 N–H and O–H groups in total. The molecule has 10 heavy (non-hydrogen) atoms. The second kappa shape index (κ2) is 2.24. The molecule has 1 aliphatic rings. The minimum Gasteiger partial charge on any atom is -0.350 e. The number of carbonyl (C=O) groups excluding carboxylic acids is 1. The van der Waals surface area contributed by atoms with E-state index in [9.17, 15) is 9.70 Å². The molecule has 0 spiro atoms. The highest BCUT2D eigenvalue weighted by Crippen LogP contribution is 2.34. The highest BCUT2D eigenvalue weighted by atomic mass is 16.3. The first-order valence-electron chi connectivity index (χ1n) is 3.08. The Kier molecular flexibility index (Phi) is 1.57. The predicted octanol–water partition coefficient (Wildman–Crippen LogP) is 0.457. The molecule has 0 radical (unpaired) electrons. The van der Waals surface area contributed by atoms with Crippen LogP contribution in [0.5, 0.6) is 0 Å². The van der Waals surface area contributed by atoms with E-state index in [1.807, 2.05) is 6.92 Å².